The third-order valence-corrected chi connectivity index (χ3v) is 8.65. The summed E-state index contributed by atoms with van der Waals surface area (Å²) in [4.78, 5) is 45.2. The number of rotatable bonds is 8. The number of benzene rings is 1. The Hall–Kier alpha value is -3.76. The number of carbonyl (C=O) groups excluding carboxylic acids is 2. The molecule has 0 N–H and O–H groups in total. The van der Waals surface area contributed by atoms with Crippen molar-refractivity contribution in [3.63, 3.8) is 0 Å². The minimum absolute atomic E-state index is 0.0205. The lowest BCUT2D eigenvalue weighted by atomic mass is 9.90. The maximum Gasteiger partial charge on any atom is 0.259 e. The molecule has 1 aromatic carbocycles. The van der Waals surface area contributed by atoms with Crippen LogP contribution in [0.1, 0.15) is 37.7 Å². The van der Waals surface area contributed by atoms with Gasteiger partial charge in [-0.1, -0.05) is 6.07 Å². The molecule has 0 spiro atoms. The number of hydrogen-bond donors (Lipinski definition) is 0. The molecule has 0 radical (unpaired) electrons. The minimum atomic E-state index is -1.15. The average Bonchev–Trinajstić information content (AvgIpc) is 3.52. The number of carbonyl (C=O) groups is 2. The van der Waals surface area contributed by atoms with Crippen molar-refractivity contribution in [1.29, 1.82) is 0 Å². The molecular weight excluding hydrogens is 524 g/mol. The van der Waals surface area contributed by atoms with Gasteiger partial charge in [0.25, 0.3) is 5.56 Å². The van der Waals surface area contributed by atoms with Crippen LogP contribution in [0.3, 0.4) is 0 Å². The molecular formula is C30H36N6O3S. The van der Waals surface area contributed by atoms with Crippen LogP contribution >= 0.6 is 11.3 Å². The smallest absolute Gasteiger partial charge is 0.259 e. The van der Waals surface area contributed by atoms with E-state index in [1.165, 1.54) is 0 Å². The summed E-state index contributed by atoms with van der Waals surface area (Å²) in [6.07, 6.45) is 1.87. The number of pyridine rings is 1. The van der Waals surface area contributed by atoms with Crippen molar-refractivity contribution >= 4 is 44.6 Å². The van der Waals surface area contributed by atoms with E-state index in [-0.39, 0.29) is 17.4 Å². The molecule has 5 rings (SSSR count). The van der Waals surface area contributed by atoms with Crippen molar-refractivity contribution in [3.8, 4) is 0 Å². The highest BCUT2D eigenvalue weighted by Gasteiger charge is 2.45. The molecule has 0 fully saturated rings. The van der Waals surface area contributed by atoms with Crippen LogP contribution in [0.2, 0.25) is 0 Å². The highest BCUT2D eigenvalue weighted by molar-refractivity contribution is 7.17. The second-order valence-corrected chi connectivity index (χ2v) is 11.9. The van der Waals surface area contributed by atoms with Gasteiger partial charge >= 0.3 is 0 Å². The van der Waals surface area contributed by atoms with Crippen molar-refractivity contribution in [2.45, 2.75) is 47.3 Å². The topological polar surface area (TPSA) is 83.7 Å². The Kier molecular flexibility index (Phi) is 7.41. The number of nitrogens with zero attached hydrogens (tertiary/aromatic N) is 6. The van der Waals surface area contributed by atoms with E-state index in [4.69, 9.17) is 0 Å². The summed E-state index contributed by atoms with van der Waals surface area (Å²) < 4.78 is 4.66. The standard InChI is InChI=1S/C30H36N6O3S/c1-7-36-24-9-8-21(17-25(24)32(5)28(38)30(3,4)29(36)39)18-34(19-22-16-20(2)31-33(22)6)13-14-35-12-10-26-23(27(35)37)11-15-40-26/h8-12,15-17H,7,13-14,18-19H2,1-6H3. The normalized spacial score (nSPS) is 15.3. The van der Waals surface area contributed by atoms with E-state index in [9.17, 15) is 14.4 Å². The maximum atomic E-state index is 13.3. The van der Waals surface area contributed by atoms with Crippen LogP contribution < -0.4 is 15.4 Å². The fraction of sp³-hybridized carbons (Fsp3) is 0.400. The van der Waals surface area contributed by atoms with Gasteiger partial charge in [-0.25, -0.2) is 0 Å². The summed E-state index contributed by atoms with van der Waals surface area (Å²) in [5, 5.41) is 7.21. The lowest BCUT2D eigenvalue weighted by molar-refractivity contribution is -0.137. The third kappa shape index (κ3) is 4.97. The van der Waals surface area contributed by atoms with Gasteiger partial charge in [0, 0.05) is 57.7 Å². The molecule has 210 valence electrons. The minimum Gasteiger partial charge on any atom is -0.314 e. The van der Waals surface area contributed by atoms with E-state index in [1.54, 1.807) is 46.6 Å². The zero-order chi connectivity index (χ0) is 28.8. The molecule has 0 bridgehead atoms. The van der Waals surface area contributed by atoms with E-state index in [2.05, 4.69) is 16.1 Å². The van der Waals surface area contributed by atoms with Gasteiger partial charge < -0.3 is 14.4 Å². The lowest BCUT2D eigenvalue weighted by Crippen LogP contribution is -2.47. The molecule has 9 nitrogen and oxygen atoms in total. The fourth-order valence-electron chi connectivity index (χ4n) is 5.49. The quantitative estimate of drug-likeness (QED) is 0.302. The first-order chi connectivity index (χ1) is 19.0. The van der Waals surface area contributed by atoms with E-state index in [0.717, 1.165) is 38.4 Å². The first-order valence-corrected chi connectivity index (χ1v) is 14.4. The van der Waals surface area contributed by atoms with Crippen LogP contribution in [-0.2, 0) is 36.3 Å². The Bertz CT molecular complexity index is 1650. The molecule has 0 saturated carbocycles. The molecule has 1 aliphatic rings. The number of aryl methyl sites for hydroxylation is 2. The van der Waals surface area contributed by atoms with Crippen molar-refractivity contribution in [1.82, 2.24) is 19.2 Å². The number of hydrogen-bond acceptors (Lipinski definition) is 6. The molecule has 4 aromatic rings. The third-order valence-electron chi connectivity index (χ3n) is 7.77. The van der Waals surface area contributed by atoms with Crippen molar-refractivity contribution < 1.29 is 9.59 Å². The van der Waals surface area contributed by atoms with Gasteiger partial charge in [0.05, 0.1) is 28.1 Å². The summed E-state index contributed by atoms with van der Waals surface area (Å²) in [6, 6.07) is 11.9. The maximum absolute atomic E-state index is 13.3. The number of thiophene rings is 1. The van der Waals surface area contributed by atoms with Crippen molar-refractivity contribution in [3.05, 3.63) is 75.3 Å². The molecule has 0 saturated heterocycles. The molecule has 10 heteroatoms. The van der Waals surface area contributed by atoms with Crippen LogP contribution in [0.5, 0.6) is 0 Å². The molecule has 1 aliphatic heterocycles. The zero-order valence-corrected chi connectivity index (χ0v) is 24.8. The molecule has 0 atom stereocenters. The van der Waals surface area contributed by atoms with Gasteiger partial charge in [-0.15, -0.1) is 11.3 Å². The van der Waals surface area contributed by atoms with Crippen LogP contribution in [0.4, 0.5) is 11.4 Å². The summed E-state index contributed by atoms with van der Waals surface area (Å²) in [6.45, 7) is 10.2. The Balaban J connectivity index is 1.46. The van der Waals surface area contributed by atoms with Crippen molar-refractivity contribution in [2.24, 2.45) is 12.5 Å². The number of amides is 2. The fourth-order valence-corrected chi connectivity index (χ4v) is 6.26. The number of fused-ring (bicyclic) bond motifs is 2. The van der Waals surface area contributed by atoms with Gasteiger partial charge in [-0.2, -0.15) is 5.10 Å². The predicted molar refractivity (Wildman–Crippen MR) is 160 cm³/mol. The Morgan fingerprint density at radius 1 is 0.975 bits per heavy atom. The Morgan fingerprint density at radius 3 is 2.45 bits per heavy atom. The molecule has 2 amide bonds. The molecule has 4 heterocycles. The number of aromatic nitrogens is 3. The molecule has 0 aliphatic carbocycles. The van der Waals surface area contributed by atoms with E-state index >= 15 is 0 Å². The van der Waals surface area contributed by atoms with E-state index < -0.39 is 5.41 Å². The van der Waals surface area contributed by atoms with Crippen LogP contribution in [0.25, 0.3) is 10.1 Å². The Morgan fingerprint density at radius 2 is 1.75 bits per heavy atom. The van der Waals surface area contributed by atoms with E-state index in [0.29, 0.717) is 32.7 Å². The average molecular weight is 561 g/mol. The first kappa shape index (κ1) is 27.8. The predicted octanol–water partition coefficient (Wildman–Crippen LogP) is 4.16. The molecule has 40 heavy (non-hydrogen) atoms. The second-order valence-electron chi connectivity index (χ2n) is 11.0. The number of anilines is 2. The van der Waals surface area contributed by atoms with Gasteiger partial charge in [-0.05, 0) is 69.0 Å². The summed E-state index contributed by atoms with van der Waals surface area (Å²) in [5.41, 5.74) is 3.37. The highest BCUT2D eigenvalue weighted by Crippen LogP contribution is 2.39. The zero-order valence-electron chi connectivity index (χ0n) is 24.0. The van der Waals surface area contributed by atoms with Crippen LogP contribution in [0, 0.1) is 12.3 Å². The lowest BCUT2D eigenvalue weighted by Gasteiger charge is -2.27. The van der Waals surface area contributed by atoms with Gasteiger partial charge in [0.15, 0.2) is 0 Å². The monoisotopic (exact) mass is 560 g/mol. The molecule has 0 unspecified atom stereocenters. The first-order valence-electron chi connectivity index (χ1n) is 13.5. The summed E-state index contributed by atoms with van der Waals surface area (Å²) in [7, 11) is 3.68. The SMILES string of the molecule is CCN1C(=O)C(C)(C)C(=O)N(C)c2cc(CN(CCn3ccc4sccc4c3=O)Cc3cc(C)nn3C)ccc21. The Labute approximate surface area is 238 Å². The molecule has 3 aromatic heterocycles. The summed E-state index contributed by atoms with van der Waals surface area (Å²) >= 11 is 1.57. The van der Waals surface area contributed by atoms with Gasteiger partial charge in [-0.3, -0.25) is 24.0 Å². The van der Waals surface area contributed by atoms with Crippen molar-refractivity contribution in [2.75, 3.05) is 29.9 Å². The van der Waals surface area contributed by atoms with E-state index in [1.807, 2.05) is 67.5 Å². The van der Waals surface area contributed by atoms with Crippen LogP contribution in [0.15, 0.2) is 52.8 Å². The van der Waals surface area contributed by atoms with Crippen LogP contribution in [-0.4, -0.2) is 51.2 Å². The highest BCUT2D eigenvalue weighted by atomic mass is 32.1. The van der Waals surface area contributed by atoms with Gasteiger partial charge in [0.1, 0.15) is 5.41 Å². The summed E-state index contributed by atoms with van der Waals surface area (Å²) in [5.74, 6) is -0.420. The second kappa shape index (κ2) is 10.7. The largest absolute Gasteiger partial charge is 0.314 e. The van der Waals surface area contributed by atoms with Gasteiger partial charge in [0.2, 0.25) is 11.8 Å².